The van der Waals surface area contributed by atoms with Crippen LogP contribution in [0.1, 0.15) is 22.4 Å². The van der Waals surface area contributed by atoms with Crippen molar-refractivity contribution >= 4 is 35.0 Å². The van der Waals surface area contributed by atoms with E-state index < -0.39 is 10.9 Å². The van der Waals surface area contributed by atoms with E-state index in [1.54, 1.807) is 26.0 Å². The minimum Gasteiger partial charge on any atom is -0.469 e. The van der Waals surface area contributed by atoms with Gasteiger partial charge < -0.3 is 4.74 Å². The Morgan fingerprint density at radius 1 is 1.36 bits per heavy atom. The number of aromatic nitrogens is 2. The number of hydrogen-bond donors (Lipinski definition) is 0. The first-order chi connectivity index (χ1) is 11.8. The number of ether oxygens (including phenoxy) is 1. The minimum atomic E-state index is -0.407. The van der Waals surface area contributed by atoms with E-state index in [2.05, 4.69) is 14.7 Å². The molecule has 0 atom stereocenters. The molecule has 0 saturated carbocycles. The van der Waals surface area contributed by atoms with Crippen LogP contribution >= 0.6 is 23.4 Å². The Morgan fingerprint density at radius 2 is 2.08 bits per heavy atom. The topological polar surface area (TPSA) is 95.2 Å². The second-order valence-corrected chi connectivity index (χ2v) is 6.58. The van der Waals surface area contributed by atoms with Gasteiger partial charge in [0.1, 0.15) is 5.15 Å². The SMILES string of the molecule is COC(=O)Cc1c(C)nc(SCc2ccc([N+](=O)[O-])c(C)c2)nc1Cl. The van der Waals surface area contributed by atoms with Crippen molar-refractivity contribution in [2.45, 2.75) is 31.2 Å². The highest BCUT2D eigenvalue weighted by atomic mass is 35.5. The number of aryl methyl sites for hydroxylation is 2. The monoisotopic (exact) mass is 381 g/mol. The number of nitrogens with zero attached hydrogens (tertiary/aromatic N) is 3. The summed E-state index contributed by atoms with van der Waals surface area (Å²) >= 11 is 7.52. The summed E-state index contributed by atoms with van der Waals surface area (Å²) in [7, 11) is 1.31. The first-order valence-electron chi connectivity index (χ1n) is 7.28. The van der Waals surface area contributed by atoms with Crippen LogP contribution < -0.4 is 0 Å². The number of nitro benzene ring substituents is 1. The van der Waals surface area contributed by atoms with Gasteiger partial charge in [-0.25, -0.2) is 9.97 Å². The molecule has 1 aromatic heterocycles. The Kier molecular flexibility index (Phi) is 6.33. The Hall–Kier alpha value is -2.19. The Labute approximate surface area is 153 Å². The molecule has 0 spiro atoms. The molecule has 9 heteroatoms. The largest absolute Gasteiger partial charge is 0.469 e. The van der Waals surface area contributed by atoms with E-state index in [-0.39, 0.29) is 17.3 Å². The van der Waals surface area contributed by atoms with E-state index >= 15 is 0 Å². The summed E-state index contributed by atoms with van der Waals surface area (Å²) < 4.78 is 4.63. The van der Waals surface area contributed by atoms with Crippen molar-refractivity contribution < 1.29 is 14.5 Å². The lowest BCUT2D eigenvalue weighted by Crippen LogP contribution is -2.09. The first-order valence-corrected chi connectivity index (χ1v) is 8.64. The normalized spacial score (nSPS) is 10.6. The van der Waals surface area contributed by atoms with Crippen molar-refractivity contribution in [2.24, 2.45) is 0 Å². The summed E-state index contributed by atoms with van der Waals surface area (Å²) in [5.41, 5.74) is 2.78. The van der Waals surface area contributed by atoms with Gasteiger partial charge in [0.2, 0.25) is 0 Å². The maximum Gasteiger partial charge on any atom is 0.310 e. The number of halogens is 1. The van der Waals surface area contributed by atoms with Crippen molar-refractivity contribution in [1.82, 2.24) is 9.97 Å². The van der Waals surface area contributed by atoms with Crippen LogP contribution in [0.4, 0.5) is 5.69 Å². The van der Waals surface area contributed by atoms with Gasteiger partial charge in [-0.2, -0.15) is 0 Å². The van der Waals surface area contributed by atoms with Crippen LogP contribution in [0.5, 0.6) is 0 Å². The average Bonchev–Trinajstić information content (AvgIpc) is 2.55. The first kappa shape index (κ1) is 19.1. The third-order valence-electron chi connectivity index (χ3n) is 3.52. The summed E-state index contributed by atoms with van der Waals surface area (Å²) in [6.45, 7) is 3.46. The molecular formula is C16H16ClN3O4S. The van der Waals surface area contributed by atoms with Crippen molar-refractivity contribution in [3.63, 3.8) is 0 Å². The summed E-state index contributed by atoms with van der Waals surface area (Å²) in [5.74, 6) is 0.140. The number of benzene rings is 1. The molecule has 0 bridgehead atoms. The van der Waals surface area contributed by atoms with Gasteiger partial charge in [0.15, 0.2) is 5.16 Å². The second-order valence-electron chi connectivity index (χ2n) is 5.28. The lowest BCUT2D eigenvalue weighted by Gasteiger charge is -2.09. The molecule has 2 rings (SSSR count). The molecule has 0 fully saturated rings. The van der Waals surface area contributed by atoms with E-state index in [1.165, 1.54) is 24.9 Å². The molecule has 25 heavy (non-hydrogen) atoms. The van der Waals surface area contributed by atoms with Crippen molar-refractivity contribution in [1.29, 1.82) is 0 Å². The smallest absolute Gasteiger partial charge is 0.310 e. The van der Waals surface area contributed by atoms with Gasteiger partial charge in [-0.05, 0) is 25.5 Å². The number of esters is 1. The van der Waals surface area contributed by atoms with E-state index in [0.717, 1.165) is 5.56 Å². The molecule has 0 aliphatic heterocycles. The highest BCUT2D eigenvalue weighted by Gasteiger charge is 2.15. The van der Waals surface area contributed by atoms with E-state index in [0.29, 0.717) is 27.7 Å². The van der Waals surface area contributed by atoms with Crippen LogP contribution in [0.25, 0.3) is 0 Å². The lowest BCUT2D eigenvalue weighted by molar-refractivity contribution is -0.385. The molecule has 132 valence electrons. The maximum absolute atomic E-state index is 11.4. The molecule has 0 radical (unpaired) electrons. The highest BCUT2D eigenvalue weighted by molar-refractivity contribution is 7.98. The predicted molar refractivity (Wildman–Crippen MR) is 94.9 cm³/mol. The standard InChI is InChI=1S/C16H16ClN3O4S/c1-9-6-11(4-5-13(9)20(22)23)8-25-16-18-10(2)12(15(17)19-16)7-14(21)24-3/h4-6H,7-8H2,1-3H3. The number of nitro groups is 1. The van der Waals surface area contributed by atoms with Gasteiger partial charge in [-0.15, -0.1) is 0 Å². The summed E-state index contributed by atoms with van der Waals surface area (Å²) in [6.07, 6.45) is 0.0215. The molecule has 7 nitrogen and oxygen atoms in total. The molecule has 1 heterocycles. The van der Waals surface area contributed by atoms with Crippen LogP contribution in [-0.2, 0) is 21.7 Å². The zero-order valence-corrected chi connectivity index (χ0v) is 15.5. The number of thioether (sulfide) groups is 1. The molecule has 0 unspecified atom stereocenters. The molecule has 0 aliphatic carbocycles. The van der Waals surface area contributed by atoms with Gasteiger partial charge in [0, 0.05) is 28.6 Å². The van der Waals surface area contributed by atoms with Crippen LogP contribution in [0, 0.1) is 24.0 Å². The van der Waals surface area contributed by atoms with Crippen LogP contribution in [-0.4, -0.2) is 28.0 Å². The predicted octanol–water partition coefficient (Wildman–Crippen LogP) is 3.66. The van der Waals surface area contributed by atoms with Crippen molar-refractivity contribution in [3.05, 3.63) is 55.9 Å². The fourth-order valence-corrected chi connectivity index (χ4v) is 3.35. The second kappa shape index (κ2) is 8.26. The molecule has 1 aromatic carbocycles. The van der Waals surface area contributed by atoms with Crippen LogP contribution in [0.3, 0.4) is 0 Å². The maximum atomic E-state index is 11.4. The van der Waals surface area contributed by atoms with Gasteiger partial charge in [-0.1, -0.05) is 29.4 Å². The molecule has 2 aromatic rings. The van der Waals surface area contributed by atoms with E-state index in [9.17, 15) is 14.9 Å². The third kappa shape index (κ3) is 4.90. The third-order valence-corrected chi connectivity index (χ3v) is 4.75. The zero-order chi connectivity index (χ0) is 18.6. The molecular weight excluding hydrogens is 366 g/mol. The van der Waals surface area contributed by atoms with Gasteiger partial charge in [-0.3, -0.25) is 14.9 Å². The van der Waals surface area contributed by atoms with Gasteiger partial charge >= 0.3 is 5.97 Å². The zero-order valence-electron chi connectivity index (χ0n) is 13.9. The highest BCUT2D eigenvalue weighted by Crippen LogP contribution is 2.26. The van der Waals surface area contributed by atoms with Gasteiger partial charge in [0.25, 0.3) is 5.69 Å². The molecule has 0 saturated heterocycles. The summed E-state index contributed by atoms with van der Waals surface area (Å²) in [5, 5.41) is 11.6. The number of rotatable bonds is 6. The van der Waals surface area contributed by atoms with Crippen LogP contribution in [0.2, 0.25) is 5.15 Å². The fraction of sp³-hybridized carbons (Fsp3) is 0.312. The number of hydrogen-bond acceptors (Lipinski definition) is 7. The van der Waals surface area contributed by atoms with Gasteiger partial charge in [0.05, 0.1) is 18.5 Å². The number of methoxy groups -OCH3 is 1. The van der Waals surface area contributed by atoms with E-state index in [4.69, 9.17) is 11.6 Å². The molecule has 0 aliphatic rings. The quantitative estimate of drug-likeness (QED) is 0.188. The Bertz CT molecular complexity index is 806. The molecule has 0 amide bonds. The molecule has 0 N–H and O–H groups in total. The van der Waals surface area contributed by atoms with E-state index in [1.807, 2.05) is 0 Å². The summed E-state index contributed by atoms with van der Waals surface area (Å²) in [6, 6.07) is 4.97. The van der Waals surface area contributed by atoms with Crippen molar-refractivity contribution in [2.75, 3.05) is 7.11 Å². The summed E-state index contributed by atoms with van der Waals surface area (Å²) in [4.78, 5) is 30.4. The van der Waals surface area contributed by atoms with Crippen molar-refractivity contribution in [3.8, 4) is 0 Å². The Balaban J connectivity index is 2.12. The number of carbonyl (C=O) groups excluding carboxylic acids is 1. The van der Waals surface area contributed by atoms with Crippen LogP contribution in [0.15, 0.2) is 23.4 Å². The lowest BCUT2D eigenvalue weighted by atomic mass is 10.1. The average molecular weight is 382 g/mol. The Morgan fingerprint density at radius 3 is 2.64 bits per heavy atom. The number of carbonyl (C=O) groups is 1. The minimum absolute atomic E-state index is 0.0215. The fourth-order valence-electron chi connectivity index (χ4n) is 2.18.